The molecule has 2 aliphatic carbocycles. The SMILES string of the molecule is [Cl-].[Cl-].[Hf+2]=[C]1CCCCC1.[c-]1cccc2c1Cc1ccccc1-2.c1cc[cH-]c1. The minimum Gasteiger partial charge on any atom is -0.214 e. The zero-order chi connectivity index (χ0) is 17.3. The molecular formula is C24H24Cl2Hf-2. The van der Waals surface area contributed by atoms with Crippen LogP contribution in [0.2, 0.25) is 0 Å². The van der Waals surface area contributed by atoms with Crippen LogP contribution >= 0.6 is 0 Å². The first kappa shape index (κ1) is 24.1. The van der Waals surface area contributed by atoms with Crippen LogP contribution in [0.3, 0.4) is 0 Å². The minimum atomic E-state index is 0. The third kappa shape index (κ3) is 7.56. The van der Waals surface area contributed by atoms with Gasteiger partial charge < -0.3 is 24.8 Å². The smallest absolute Gasteiger partial charge is 0.0253 e. The first-order valence-corrected chi connectivity index (χ1v) is 10.9. The van der Waals surface area contributed by atoms with Gasteiger partial charge in [-0.25, -0.2) is 12.1 Å². The van der Waals surface area contributed by atoms with Gasteiger partial charge in [-0.2, -0.15) is 48.0 Å². The molecule has 0 N–H and O–H groups in total. The Bertz CT molecular complexity index is 725. The van der Waals surface area contributed by atoms with Crippen LogP contribution in [0, 0.1) is 6.07 Å². The van der Waals surface area contributed by atoms with Crippen LogP contribution in [-0.2, 0) is 30.3 Å². The Morgan fingerprint density at radius 2 is 1.44 bits per heavy atom. The Hall–Kier alpha value is -0.890. The Labute approximate surface area is 190 Å². The molecule has 3 aromatic carbocycles. The first-order valence-electron chi connectivity index (χ1n) is 9.15. The maximum absolute atomic E-state index is 3.30. The summed E-state index contributed by atoms with van der Waals surface area (Å²) in [5.74, 6) is 0. The number of halogens is 2. The van der Waals surface area contributed by atoms with E-state index in [0.717, 1.165) is 6.42 Å². The number of fused-ring (bicyclic) bond motifs is 3. The molecule has 0 radical (unpaired) electrons. The summed E-state index contributed by atoms with van der Waals surface area (Å²) in [5.41, 5.74) is 5.51. The second kappa shape index (κ2) is 13.3. The number of hydrogen-bond donors (Lipinski definition) is 0. The average molecular weight is 562 g/mol. The van der Waals surface area contributed by atoms with Gasteiger partial charge >= 0.3 is 59.3 Å². The van der Waals surface area contributed by atoms with E-state index in [-0.39, 0.29) is 24.8 Å². The first-order chi connectivity index (χ1) is 12.3. The van der Waals surface area contributed by atoms with Crippen LogP contribution in [0.25, 0.3) is 11.1 Å². The molecular weight excluding hydrogens is 538 g/mol. The van der Waals surface area contributed by atoms with E-state index >= 15 is 0 Å². The third-order valence-corrected chi connectivity index (χ3v) is 6.43. The molecule has 0 aromatic heterocycles. The Balaban J connectivity index is 0.000000223. The maximum atomic E-state index is 3.30. The van der Waals surface area contributed by atoms with Crippen molar-refractivity contribution in [2.45, 2.75) is 38.5 Å². The Morgan fingerprint density at radius 1 is 0.778 bits per heavy atom. The maximum Gasteiger partial charge on any atom is -0.0253 e. The molecule has 0 unspecified atom stereocenters. The summed E-state index contributed by atoms with van der Waals surface area (Å²) in [7, 11) is 0. The fourth-order valence-electron chi connectivity index (χ4n) is 3.30. The number of benzene rings is 2. The van der Waals surface area contributed by atoms with E-state index in [1.54, 1.807) is 0 Å². The van der Waals surface area contributed by atoms with Crippen LogP contribution in [0.1, 0.15) is 43.2 Å². The predicted molar refractivity (Wildman–Crippen MR) is 104 cm³/mol. The van der Waals surface area contributed by atoms with Crippen LogP contribution < -0.4 is 24.8 Å². The number of hydrogen-bond acceptors (Lipinski definition) is 0. The largest absolute Gasteiger partial charge is 0.214 e. The third-order valence-electron chi connectivity index (χ3n) is 4.63. The average Bonchev–Trinajstić information content (AvgIpc) is 3.34. The van der Waals surface area contributed by atoms with Gasteiger partial charge in [-0.05, 0) is 6.42 Å². The van der Waals surface area contributed by atoms with Crippen molar-refractivity contribution in [2.24, 2.45) is 0 Å². The zero-order valence-corrected chi connectivity index (χ0v) is 20.5. The Kier molecular flexibility index (Phi) is 11.9. The molecule has 0 atom stereocenters. The van der Waals surface area contributed by atoms with E-state index in [1.165, 1.54) is 78.3 Å². The van der Waals surface area contributed by atoms with Crippen molar-refractivity contribution in [3.8, 4) is 11.1 Å². The summed E-state index contributed by atoms with van der Waals surface area (Å²) in [6, 6.07) is 28.1. The van der Waals surface area contributed by atoms with Crippen LogP contribution in [-0.4, -0.2) is 3.26 Å². The molecule has 27 heavy (non-hydrogen) atoms. The summed E-state index contributed by atoms with van der Waals surface area (Å²) in [5, 5.41) is 0. The second-order valence-corrected chi connectivity index (χ2v) is 9.06. The van der Waals surface area contributed by atoms with Gasteiger partial charge in [0.1, 0.15) is 0 Å². The standard InChI is InChI=1S/C13H9.C6H10.C5H5.2ClH.Hf/c1-3-7-12-10(5-1)9-11-6-2-4-8-13(11)12;1-2-4-6-5-3-1;1-2-4-5-3-1;;;/h1-5,7-8H,9H2;1-5H2;1-5H;2*1H;/q-1;;-1;;;+2/p-2. The van der Waals surface area contributed by atoms with Gasteiger partial charge in [-0.1, -0.05) is 35.4 Å². The van der Waals surface area contributed by atoms with Crippen LogP contribution in [0.4, 0.5) is 0 Å². The van der Waals surface area contributed by atoms with Gasteiger partial charge in [0.2, 0.25) is 0 Å². The fourth-order valence-corrected chi connectivity index (χ4v) is 4.57. The van der Waals surface area contributed by atoms with Crippen molar-refractivity contribution >= 4 is 3.26 Å². The van der Waals surface area contributed by atoms with Crippen molar-refractivity contribution < 1.29 is 48.7 Å². The molecule has 140 valence electrons. The van der Waals surface area contributed by atoms with E-state index in [9.17, 15) is 0 Å². The zero-order valence-electron chi connectivity index (χ0n) is 15.4. The molecule has 0 nitrogen and oxygen atoms in total. The van der Waals surface area contributed by atoms with Gasteiger partial charge in [0.05, 0.1) is 0 Å². The van der Waals surface area contributed by atoms with Crippen LogP contribution in [0.5, 0.6) is 0 Å². The van der Waals surface area contributed by atoms with Crippen molar-refractivity contribution in [1.82, 2.24) is 0 Å². The summed E-state index contributed by atoms with van der Waals surface area (Å²) in [4.78, 5) is 0. The normalized spacial score (nSPS) is 13.3. The van der Waals surface area contributed by atoms with Crippen molar-refractivity contribution in [2.75, 3.05) is 0 Å². The van der Waals surface area contributed by atoms with Crippen LogP contribution in [0.15, 0.2) is 72.8 Å². The van der Waals surface area contributed by atoms with Gasteiger partial charge in [0.15, 0.2) is 0 Å². The van der Waals surface area contributed by atoms with E-state index in [4.69, 9.17) is 0 Å². The molecule has 1 saturated carbocycles. The van der Waals surface area contributed by atoms with Gasteiger partial charge in [-0.15, -0.1) is 5.56 Å². The summed E-state index contributed by atoms with van der Waals surface area (Å²) < 4.78 is 1.85. The predicted octanol–water partition coefficient (Wildman–Crippen LogP) is 0.141. The van der Waals surface area contributed by atoms with Crippen molar-refractivity contribution in [1.29, 1.82) is 0 Å². The molecule has 3 aromatic rings. The summed E-state index contributed by atoms with van der Waals surface area (Å²) in [6.07, 6.45) is 8.44. The second-order valence-electron chi connectivity index (χ2n) is 6.52. The molecule has 5 rings (SSSR count). The molecule has 0 aliphatic heterocycles. The topological polar surface area (TPSA) is 0 Å². The van der Waals surface area contributed by atoms with E-state index in [0.29, 0.717) is 0 Å². The summed E-state index contributed by atoms with van der Waals surface area (Å²) in [6.45, 7) is 0. The van der Waals surface area contributed by atoms with Crippen molar-refractivity contribution in [3.63, 3.8) is 0 Å². The monoisotopic (exact) mass is 562 g/mol. The van der Waals surface area contributed by atoms with E-state index in [2.05, 4.69) is 42.5 Å². The van der Waals surface area contributed by atoms with Gasteiger partial charge in [0.25, 0.3) is 0 Å². The van der Waals surface area contributed by atoms with Crippen molar-refractivity contribution in [3.05, 3.63) is 90.0 Å². The molecule has 0 bridgehead atoms. The molecule has 0 heterocycles. The quantitative estimate of drug-likeness (QED) is 0.212. The van der Waals surface area contributed by atoms with Gasteiger partial charge in [0, 0.05) is 0 Å². The molecule has 1 fully saturated rings. The fraction of sp³-hybridized carbons (Fsp3) is 0.250. The molecule has 0 amide bonds. The molecule has 2 aliphatic rings. The minimum absolute atomic E-state index is 0. The van der Waals surface area contributed by atoms with E-state index in [1.807, 2.05) is 39.7 Å². The van der Waals surface area contributed by atoms with E-state index < -0.39 is 0 Å². The summed E-state index contributed by atoms with van der Waals surface area (Å²) >= 11 is 1.37. The molecule has 0 saturated heterocycles. The van der Waals surface area contributed by atoms with Gasteiger partial charge in [-0.3, -0.25) is 0 Å². The molecule has 0 spiro atoms. The molecule has 3 heteroatoms. The Morgan fingerprint density at radius 3 is 2.04 bits per heavy atom. The number of rotatable bonds is 0.